The van der Waals surface area contributed by atoms with Crippen LogP contribution in [0.1, 0.15) is 37.6 Å². The molecule has 4 heteroatoms. The number of nitrogens with one attached hydrogen (secondary N) is 1. The first kappa shape index (κ1) is 12.7. The Balaban J connectivity index is 2.59. The molecule has 1 heterocycles. The Kier molecular flexibility index (Phi) is 5.30. The largest absolute Gasteiger partial charge is 0.306 e. The van der Waals surface area contributed by atoms with Gasteiger partial charge in [-0.25, -0.2) is 0 Å². The number of hydrogen-bond donors (Lipinski definition) is 1. The molecule has 0 radical (unpaired) electrons. The maximum absolute atomic E-state index is 8.67. The first-order chi connectivity index (χ1) is 7.19. The van der Waals surface area contributed by atoms with Crippen LogP contribution in [0.25, 0.3) is 0 Å². The average molecular weight is 287 g/mol. The molecule has 0 fully saturated rings. The summed E-state index contributed by atoms with van der Waals surface area (Å²) in [6.07, 6.45) is 1.56. The fourth-order valence-corrected chi connectivity index (χ4v) is 3.21. The van der Waals surface area contributed by atoms with E-state index >= 15 is 0 Å². The van der Waals surface area contributed by atoms with E-state index in [0.29, 0.717) is 18.5 Å². The monoisotopic (exact) mass is 286 g/mol. The van der Waals surface area contributed by atoms with Crippen molar-refractivity contribution in [2.45, 2.75) is 38.8 Å². The molecule has 0 saturated heterocycles. The standard InChI is InChI=1S/C11H15BrN2S/c1-3-9(4-6-13)14-8(2)11-10(12)5-7-15-11/h5,7-9,14H,3-4H2,1-2H3. The highest BCUT2D eigenvalue weighted by Crippen LogP contribution is 2.29. The van der Waals surface area contributed by atoms with Crippen LogP contribution in [0.2, 0.25) is 0 Å². The molecule has 1 aromatic rings. The van der Waals surface area contributed by atoms with Crippen molar-refractivity contribution in [1.29, 1.82) is 5.26 Å². The highest BCUT2D eigenvalue weighted by Gasteiger charge is 2.14. The molecule has 0 aromatic carbocycles. The summed E-state index contributed by atoms with van der Waals surface area (Å²) < 4.78 is 1.15. The van der Waals surface area contributed by atoms with Gasteiger partial charge >= 0.3 is 0 Å². The van der Waals surface area contributed by atoms with E-state index in [1.54, 1.807) is 11.3 Å². The van der Waals surface area contributed by atoms with Crippen molar-refractivity contribution in [3.05, 3.63) is 20.8 Å². The zero-order chi connectivity index (χ0) is 11.3. The van der Waals surface area contributed by atoms with Crippen LogP contribution in [-0.4, -0.2) is 6.04 Å². The summed E-state index contributed by atoms with van der Waals surface area (Å²) >= 11 is 5.26. The third-order valence-electron chi connectivity index (χ3n) is 2.35. The highest BCUT2D eigenvalue weighted by molar-refractivity contribution is 9.10. The predicted molar refractivity (Wildman–Crippen MR) is 67.9 cm³/mol. The van der Waals surface area contributed by atoms with Crippen LogP contribution in [0, 0.1) is 11.3 Å². The molecule has 2 unspecified atom stereocenters. The van der Waals surface area contributed by atoms with Gasteiger partial charge in [-0.2, -0.15) is 5.26 Å². The van der Waals surface area contributed by atoms with Crippen molar-refractivity contribution in [3.8, 4) is 6.07 Å². The third kappa shape index (κ3) is 3.60. The zero-order valence-corrected chi connectivity index (χ0v) is 11.4. The van der Waals surface area contributed by atoms with Crippen LogP contribution in [0.4, 0.5) is 0 Å². The lowest BCUT2D eigenvalue weighted by Gasteiger charge is -2.19. The number of nitriles is 1. The molecule has 2 nitrogen and oxygen atoms in total. The summed E-state index contributed by atoms with van der Waals surface area (Å²) in [4.78, 5) is 1.30. The molecule has 1 N–H and O–H groups in total. The molecule has 0 aliphatic heterocycles. The van der Waals surface area contributed by atoms with Gasteiger partial charge in [-0.05, 0) is 40.7 Å². The average Bonchev–Trinajstić information content (AvgIpc) is 2.63. The number of thiophene rings is 1. The summed E-state index contributed by atoms with van der Waals surface area (Å²) in [5.41, 5.74) is 0. The van der Waals surface area contributed by atoms with Gasteiger partial charge in [0, 0.05) is 21.4 Å². The van der Waals surface area contributed by atoms with Crippen molar-refractivity contribution < 1.29 is 0 Å². The topological polar surface area (TPSA) is 35.8 Å². The van der Waals surface area contributed by atoms with Gasteiger partial charge in [0.2, 0.25) is 0 Å². The molecule has 0 spiro atoms. The molecule has 2 atom stereocenters. The second-order valence-corrected chi connectivity index (χ2v) is 5.29. The van der Waals surface area contributed by atoms with E-state index in [-0.39, 0.29) is 0 Å². The number of rotatable bonds is 5. The maximum Gasteiger partial charge on any atom is 0.0638 e. The fourth-order valence-electron chi connectivity index (χ4n) is 1.47. The Morgan fingerprint density at radius 1 is 1.67 bits per heavy atom. The summed E-state index contributed by atoms with van der Waals surface area (Å²) in [7, 11) is 0. The van der Waals surface area contributed by atoms with Gasteiger partial charge in [-0.15, -0.1) is 11.3 Å². The van der Waals surface area contributed by atoms with Crippen molar-refractivity contribution in [2.24, 2.45) is 0 Å². The van der Waals surface area contributed by atoms with E-state index in [4.69, 9.17) is 5.26 Å². The summed E-state index contributed by atoms with van der Waals surface area (Å²) in [6, 6.07) is 4.87. The number of hydrogen-bond acceptors (Lipinski definition) is 3. The lowest BCUT2D eigenvalue weighted by atomic mass is 10.1. The molecule has 15 heavy (non-hydrogen) atoms. The van der Waals surface area contributed by atoms with E-state index in [1.165, 1.54) is 4.88 Å². The quantitative estimate of drug-likeness (QED) is 0.892. The van der Waals surface area contributed by atoms with E-state index in [1.807, 2.05) is 0 Å². The second-order valence-electron chi connectivity index (χ2n) is 3.49. The van der Waals surface area contributed by atoms with E-state index in [2.05, 4.69) is 52.6 Å². The number of nitrogens with zero attached hydrogens (tertiary/aromatic N) is 1. The minimum Gasteiger partial charge on any atom is -0.306 e. The first-order valence-electron chi connectivity index (χ1n) is 5.04. The van der Waals surface area contributed by atoms with E-state index in [9.17, 15) is 0 Å². The van der Waals surface area contributed by atoms with Crippen LogP contribution in [0.3, 0.4) is 0 Å². The van der Waals surface area contributed by atoms with Gasteiger partial charge in [0.1, 0.15) is 0 Å². The molecular weight excluding hydrogens is 272 g/mol. The van der Waals surface area contributed by atoms with Crippen molar-refractivity contribution >= 4 is 27.3 Å². The van der Waals surface area contributed by atoms with Crippen LogP contribution in [-0.2, 0) is 0 Å². The van der Waals surface area contributed by atoms with Gasteiger partial charge < -0.3 is 5.32 Å². The Bertz CT molecular complexity index is 343. The van der Waals surface area contributed by atoms with E-state index in [0.717, 1.165) is 10.9 Å². The first-order valence-corrected chi connectivity index (χ1v) is 6.72. The minimum atomic E-state index is 0.291. The molecule has 1 rings (SSSR count). The van der Waals surface area contributed by atoms with Gasteiger partial charge in [-0.3, -0.25) is 0 Å². The van der Waals surface area contributed by atoms with E-state index < -0.39 is 0 Å². The van der Waals surface area contributed by atoms with Crippen molar-refractivity contribution in [2.75, 3.05) is 0 Å². The second kappa shape index (κ2) is 6.26. The highest BCUT2D eigenvalue weighted by atomic mass is 79.9. The third-order valence-corrected chi connectivity index (χ3v) is 4.41. The minimum absolute atomic E-state index is 0.291. The summed E-state index contributed by atoms with van der Waals surface area (Å²) in [6.45, 7) is 4.24. The summed E-state index contributed by atoms with van der Waals surface area (Å²) in [5, 5.41) is 14.2. The molecule has 0 saturated carbocycles. The molecule has 0 bridgehead atoms. The van der Waals surface area contributed by atoms with Gasteiger partial charge in [0.25, 0.3) is 0 Å². The molecule has 82 valence electrons. The normalized spacial score (nSPS) is 14.5. The fraction of sp³-hybridized carbons (Fsp3) is 0.545. The van der Waals surface area contributed by atoms with Gasteiger partial charge in [0.15, 0.2) is 0 Å². The smallest absolute Gasteiger partial charge is 0.0638 e. The van der Waals surface area contributed by atoms with Gasteiger partial charge in [0.05, 0.1) is 12.5 Å². The number of halogens is 1. The Morgan fingerprint density at radius 3 is 2.87 bits per heavy atom. The molecular formula is C11H15BrN2S. The zero-order valence-electron chi connectivity index (χ0n) is 8.96. The Hall–Kier alpha value is -0.370. The van der Waals surface area contributed by atoms with Gasteiger partial charge in [-0.1, -0.05) is 6.92 Å². The molecule has 0 aliphatic carbocycles. The van der Waals surface area contributed by atoms with Crippen LogP contribution >= 0.6 is 27.3 Å². The molecule has 0 amide bonds. The Labute approximate surface area is 103 Å². The SMILES string of the molecule is CCC(CC#N)NC(C)c1sccc1Br. The van der Waals surface area contributed by atoms with Crippen molar-refractivity contribution in [3.63, 3.8) is 0 Å². The maximum atomic E-state index is 8.67. The Morgan fingerprint density at radius 2 is 2.40 bits per heavy atom. The predicted octanol–water partition coefficient (Wildman–Crippen LogP) is 3.85. The van der Waals surface area contributed by atoms with Crippen LogP contribution in [0.15, 0.2) is 15.9 Å². The lowest BCUT2D eigenvalue weighted by molar-refractivity contribution is 0.451. The van der Waals surface area contributed by atoms with Crippen molar-refractivity contribution in [1.82, 2.24) is 5.32 Å². The molecule has 0 aliphatic rings. The molecule has 1 aromatic heterocycles. The summed E-state index contributed by atoms with van der Waals surface area (Å²) in [5.74, 6) is 0. The van der Waals surface area contributed by atoms with Crippen LogP contribution < -0.4 is 5.32 Å². The lowest BCUT2D eigenvalue weighted by Crippen LogP contribution is -2.30. The van der Waals surface area contributed by atoms with Crippen LogP contribution in [0.5, 0.6) is 0 Å².